The van der Waals surface area contributed by atoms with Crippen molar-refractivity contribution in [2.75, 3.05) is 4.90 Å². The number of aromatic nitrogens is 1. The summed E-state index contributed by atoms with van der Waals surface area (Å²) in [6.07, 6.45) is 0. The van der Waals surface area contributed by atoms with Crippen LogP contribution in [0.2, 0.25) is 0 Å². The minimum absolute atomic E-state index is 0.00669. The van der Waals surface area contributed by atoms with Gasteiger partial charge in [-0.05, 0) is 60.8 Å². The highest BCUT2D eigenvalue weighted by Gasteiger charge is 2.53. The molecule has 10 aromatic rings. The van der Waals surface area contributed by atoms with Crippen LogP contribution in [-0.4, -0.2) is 19.4 Å². The maximum Gasteiger partial charge on any atom is 0.333 e. The van der Waals surface area contributed by atoms with Crippen LogP contribution in [0.15, 0.2) is 176 Å². The molecule has 0 N–H and O–H groups in total. The molecule has 0 spiro atoms. The first-order chi connectivity index (χ1) is 26.3. The minimum atomic E-state index is -2.81. The van der Waals surface area contributed by atoms with Crippen molar-refractivity contribution in [1.29, 1.82) is 0 Å². The largest absolute Gasteiger partial charge is 0.374 e. The van der Waals surface area contributed by atoms with Gasteiger partial charge in [0.1, 0.15) is 0 Å². The van der Waals surface area contributed by atoms with Crippen molar-refractivity contribution in [3.63, 3.8) is 0 Å². The summed E-state index contributed by atoms with van der Waals surface area (Å²) < 4.78 is 5.48. The maximum absolute atomic E-state index is 2.81. The number of benzene rings is 8. The monoisotopic (exact) mass is 704 g/mol. The van der Waals surface area contributed by atoms with E-state index in [2.05, 4.69) is 185 Å². The highest BCUT2D eigenvalue weighted by molar-refractivity contribution is 7.27. The highest BCUT2D eigenvalue weighted by Crippen LogP contribution is 2.50. The molecule has 0 unspecified atom stereocenters. The lowest BCUT2D eigenvalue weighted by atomic mass is 9.45. The first kappa shape index (κ1) is 28.4. The Morgan fingerprint density at radius 1 is 0.491 bits per heavy atom. The highest BCUT2D eigenvalue weighted by atomic mass is 32.1. The quantitative estimate of drug-likeness (QED) is 0.165. The van der Waals surface area contributed by atoms with Gasteiger partial charge in [-0.25, -0.2) is 0 Å². The first-order valence-corrected chi connectivity index (χ1v) is 21.3. The number of thiophene rings is 1. The van der Waals surface area contributed by atoms with Crippen molar-refractivity contribution < 1.29 is 0 Å². The maximum atomic E-state index is 2.75. The van der Waals surface area contributed by atoms with Gasteiger partial charge >= 0.3 is 6.85 Å². The second kappa shape index (κ2) is 10.0. The second-order valence-corrected chi connectivity index (χ2v) is 19.5. The number of fused-ring (bicyclic) bond motifs is 13. The van der Waals surface area contributed by atoms with Crippen molar-refractivity contribution in [3.05, 3.63) is 176 Å². The molecule has 244 valence electrons. The molecule has 0 aliphatic carbocycles. The summed E-state index contributed by atoms with van der Waals surface area (Å²) in [4.78, 5) is 2.69. The van der Waals surface area contributed by atoms with Crippen LogP contribution in [0.1, 0.15) is 0 Å². The molecule has 0 saturated carbocycles. The smallest absolute Gasteiger partial charge is 0.333 e. The van der Waals surface area contributed by atoms with Crippen LogP contribution < -0.4 is 36.6 Å². The first-order valence-electron chi connectivity index (χ1n) is 18.5. The summed E-state index contributed by atoms with van der Waals surface area (Å²) in [6.45, 7) is 0.00669. The summed E-state index contributed by atoms with van der Waals surface area (Å²) in [7, 11) is -2.81. The van der Waals surface area contributed by atoms with Gasteiger partial charge in [0, 0.05) is 43.3 Å². The molecule has 0 atom stereocenters. The molecule has 0 bridgehead atoms. The van der Waals surface area contributed by atoms with Crippen LogP contribution in [0.25, 0.3) is 53.1 Å². The Kier molecular flexibility index (Phi) is 5.39. The van der Waals surface area contributed by atoms with Crippen LogP contribution >= 0.6 is 11.3 Å². The lowest BCUT2D eigenvalue weighted by Gasteiger charge is -2.50. The standard InChI is InChI=1S/C48H29BN2SSi/c1-3-16-31(17-4-1)53(32-18-5-2-6-19-32)41-27-12-10-25-39(41)50-45-33-20-8-7-15-30(33)29-37-34-22-13-23-36-44(34)51(46-35-21-9-11-26-40(35)52-48(36)46)49(43(37)45)38-24-14-28-42(53)47(38)50/h1-29H. The fourth-order valence-electron chi connectivity index (χ4n) is 10.5. The Balaban J connectivity index is 1.28. The fraction of sp³-hybridized carbons (Fsp3) is 0. The average molecular weight is 705 g/mol. The molecule has 5 heterocycles. The van der Waals surface area contributed by atoms with E-state index in [0.29, 0.717) is 0 Å². The molecule has 2 nitrogen and oxygen atoms in total. The molecular formula is C48H29BN2SSi. The summed E-state index contributed by atoms with van der Waals surface area (Å²) >= 11 is 1.94. The van der Waals surface area contributed by atoms with E-state index in [1.165, 1.54) is 102 Å². The third kappa shape index (κ3) is 3.33. The van der Waals surface area contributed by atoms with Gasteiger partial charge in [0.15, 0.2) is 8.07 Å². The molecule has 5 heteroatoms. The molecule has 3 aliphatic heterocycles. The van der Waals surface area contributed by atoms with Crippen LogP contribution in [0.3, 0.4) is 0 Å². The van der Waals surface area contributed by atoms with E-state index >= 15 is 0 Å². The van der Waals surface area contributed by atoms with E-state index < -0.39 is 8.07 Å². The zero-order valence-corrected chi connectivity index (χ0v) is 30.4. The van der Waals surface area contributed by atoms with E-state index in [9.17, 15) is 0 Å². The van der Waals surface area contributed by atoms with Crippen molar-refractivity contribution in [2.24, 2.45) is 0 Å². The van der Waals surface area contributed by atoms with E-state index in [1.54, 1.807) is 0 Å². The second-order valence-electron chi connectivity index (χ2n) is 14.7. The molecule has 0 radical (unpaired) electrons. The minimum Gasteiger partial charge on any atom is -0.374 e. The van der Waals surface area contributed by atoms with Crippen molar-refractivity contribution in [2.45, 2.75) is 0 Å². The average Bonchev–Trinajstić information content (AvgIpc) is 3.76. The van der Waals surface area contributed by atoms with Crippen molar-refractivity contribution >= 4 is 117 Å². The van der Waals surface area contributed by atoms with Crippen LogP contribution in [0.4, 0.5) is 17.1 Å². The van der Waals surface area contributed by atoms with E-state index in [1.807, 2.05) is 11.3 Å². The summed E-state index contributed by atoms with van der Waals surface area (Å²) in [5.41, 5.74) is 12.2. The summed E-state index contributed by atoms with van der Waals surface area (Å²) in [6, 6.07) is 67.0. The molecular weight excluding hydrogens is 676 g/mol. The number of nitrogens with zero attached hydrogens (tertiary/aromatic N) is 2. The van der Waals surface area contributed by atoms with Gasteiger partial charge in [-0.1, -0.05) is 158 Å². The Morgan fingerprint density at radius 3 is 1.98 bits per heavy atom. The van der Waals surface area contributed by atoms with Crippen molar-refractivity contribution in [3.8, 4) is 11.1 Å². The molecule has 13 rings (SSSR count). The zero-order valence-electron chi connectivity index (χ0n) is 28.6. The lowest BCUT2D eigenvalue weighted by molar-refractivity contribution is 1.27. The molecule has 2 aromatic heterocycles. The van der Waals surface area contributed by atoms with Gasteiger partial charge in [0.25, 0.3) is 0 Å². The van der Waals surface area contributed by atoms with Crippen LogP contribution in [-0.2, 0) is 0 Å². The third-order valence-corrected chi connectivity index (χ3v) is 18.4. The molecule has 53 heavy (non-hydrogen) atoms. The third-order valence-electron chi connectivity index (χ3n) is 12.4. The molecule has 8 aromatic carbocycles. The number of anilines is 3. The van der Waals surface area contributed by atoms with E-state index in [4.69, 9.17) is 0 Å². The summed E-state index contributed by atoms with van der Waals surface area (Å²) in [5.74, 6) is 0. The SMILES string of the molecule is c1ccc([Si]2(c3ccccc3)c3ccccc3N3c4c(cccc42)B2c4c(cc5ccccc5c43)-c3cccc4c5sc6ccccc6c5n2c34)cc1. The van der Waals surface area contributed by atoms with E-state index in [-0.39, 0.29) is 6.85 Å². The predicted octanol–water partition coefficient (Wildman–Crippen LogP) is 8.27. The Morgan fingerprint density at radius 2 is 1.15 bits per heavy atom. The van der Waals surface area contributed by atoms with Crippen LogP contribution in [0, 0.1) is 0 Å². The number of para-hydroxylation sites is 3. The lowest BCUT2D eigenvalue weighted by Crippen LogP contribution is -2.78. The van der Waals surface area contributed by atoms with Gasteiger partial charge < -0.3 is 9.38 Å². The molecule has 0 fully saturated rings. The number of hydrogen-bond donors (Lipinski definition) is 0. The number of hydrogen-bond acceptors (Lipinski definition) is 2. The topological polar surface area (TPSA) is 8.17 Å². The van der Waals surface area contributed by atoms with Gasteiger partial charge in [0.05, 0.1) is 15.9 Å². The molecule has 0 amide bonds. The summed E-state index contributed by atoms with van der Waals surface area (Å²) in [5, 5.41) is 11.0. The number of rotatable bonds is 2. The van der Waals surface area contributed by atoms with E-state index in [0.717, 1.165) is 0 Å². The zero-order chi connectivity index (χ0) is 34.4. The van der Waals surface area contributed by atoms with Crippen molar-refractivity contribution in [1.82, 2.24) is 4.48 Å². The fourth-order valence-corrected chi connectivity index (χ4v) is 16.9. The Hall–Kier alpha value is -6.14. The van der Waals surface area contributed by atoms with Gasteiger partial charge in [-0.3, -0.25) is 0 Å². The Labute approximate surface area is 311 Å². The van der Waals surface area contributed by atoms with Gasteiger partial charge in [-0.15, -0.1) is 11.3 Å². The van der Waals surface area contributed by atoms with Crippen LogP contribution in [0.5, 0.6) is 0 Å². The van der Waals surface area contributed by atoms with Gasteiger partial charge in [-0.2, -0.15) is 0 Å². The Bertz CT molecular complexity index is 3160. The molecule has 3 aliphatic rings. The molecule has 0 saturated heterocycles. The predicted molar refractivity (Wildman–Crippen MR) is 230 cm³/mol. The normalized spacial score (nSPS) is 14.5. The van der Waals surface area contributed by atoms with Gasteiger partial charge in [0.2, 0.25) is 0 Å².